The van der Waals surface area contributed by atoms with Crippen molar-refractivity contribution in [2.45, 2.75) is 46.0 Å². The third-order valence-corrected chi connectivity index (χ3v) is 5.02. The molecule has 0 aromatic heterocycles. The third kappa shape index (κ3) is 3.89. The number of aliphatic carboxylic acids is 1. The smallest absolute Gasteiger partial charge is 0.320 e. The summed E-state index contributed by atoms with van der Waals surface area (Å²) in [5, 5.41) is 9.18. The highest BCUT2D eigenvalue weighted by Gasteiger charge is 2.38. The lowest BCUT2D eigenvalue weighted by molar-refractivity contribution is -0.142. The van der Waals surface area contributed by atoms with Crippen LogP contribution >= 0.6 is 0 Å². The molecule has 5 heteroatoms. The van der Waals surface area contributed by atoms with Crippen LogP contribution in [0.3, 0.4) is 0 Å². The maximum Gasteiger partial charge on any atom is 0.320 e. The van der Waals surface area contributed by atoms with Crippen LogP contribution in [0.2, 0.25) is 0 Å². The fourth-order valence-electron chi connectivity index (χ4n) is 3.70. The zero-order chi connectivity index (χ0) is 15.4. The molecule has 3 atom stereocenters. The largest absolute Gasteiger partial charge is 0.481 e. The van der Waals surface area contributed by atoms with E-state index in [-0.39, 0.29) is 11.9 Å². The molecule has 2 saturated heterocycles. The first kappa shape index (κ1) is 16.1. The first-order valence-electron chi connectivity index (χ1n) is 8.29. The standard InChI is InChI=1S/C16H28N2O3/c1-3-5-13-6-4-8-17(9-7-13)16(21)18-10-12(2)14(11-18)15(19)20/h12-14H,3-11H2,1-2H3,(H,19,20)/t12-,13?,14-/m1/s1. The van der Waals surface area contributed by atoms with Crippen molar-refractivity contribution in [1.29, 1.82) is 0 Å². The topological polar surface area (TPSA) is 60.9 Å². The Morgan fingerprint density at radius 2 is 1.90 bits per heavy atom. The van der Waals surface area contributed by atoms with Crippen molar-refractivity contribution in [3.63, 3.8) is 0 Å². The van der Waals surface area contributed by atoms with Crippen LogP contribution in [0.25, 0.3) is 0 Å². The highest BCUT2D eigenvalue weighted by atomic mass is 16.4. The van der Waals surface area contributed by atoms with E-state index < -0.39 is 11.9 Å². The molecule has 0 radical (unpaired) electrons. The molecule has 2 aliphatic rings. The van der Waals surface area contributed by atoms with Crippen LogP contribution in [-0.2, 0) is 4.79 Å². The van der Waals surface area contributed by atoms with Gasteiger partial charge in [0, 0.05) is 26.2 Å². The molecule has 0 aliphatic carbocycles. The van der Waals surface area contributed by atoms with Crippen molar-refractivity contribution in [1.82, 2.24) is 9.80 Å². The number of nitrogens with zero attached hydrogens (tertiary/aromatic N) is 2. The van der Waals surface area contributed by atoms with Crippen molar-refractivity contribution >= 4 is 12.0 Å². The first-order chi connectivity index (χ1) is 10.0. The fraction of sp³-hybridized carbons (Fsp3) is 0.875. The quantitative estimate of drug-likeness (QED) is 0.871. The number of hydrogen-bond acceptors (Lipinski definition) is 2. The number of hydrogen-bond donors (Lipinski definition) is 1. The van der Waals surface area contributed by atoms with Gasteiger partial charge in [-0.3, -0.25) is 4.79 Å². The Bertz CT molecular complexity index is 386. The van der Waals surface area contributed by atoms with Gasteiger partial charge in [-0.05, 0) is 31.1 Å². The Labute approximate surface area is 127 Å². The number of carbonyl (C=O) groups is 2. The molecule has 0 spiro atoms. The van der Waals surface area contributed by atoms with Gasteiger partial charge in [-0.15, -0.1) is 0 Å². The Balaban J connectivity index is 1.90. The van der Waals surface area contributed by atoms with E-state index in [0.717, 1.165) is 31.8 Å². The molecule has 1 N–H and O–H groups in total. The summed E-state index contributed by atoms with van der Waals surface area (Å²) in [6.07, 6.45) is 5.84. The normalized spacial score (nSPS) is 30.3. The summed E-state index contributed by atoms with van der Waals surface area (Å²) in [6, 6.07) is 0.0442. The predicted octanol–water partition coefficient (Wildman–Crippen LogP) is 2.66. The lowest BCUT2D eigenvalue weighted by atomic mass is 9.96. The molecule has 21 heavy (non-hydrogen) atoms. The van der Waals surface area contributed by atoms with Gasteiger partial charge in [0.1, 0.15) is 0 Å². The minimum atomic E-state index is -0.781. The Morgan fingerprint density at radius 1 is 1.14 bits per heavy atom. The number of amides is 2. The zero-order valence-electron chi connectivity index (χ0n) is 13.3. The van der Waals surface area contributed by atoms with Gasteiger partial charge in [0.25, 0.3) is 0 Å². The van der Waals surface area contributed by atoms with Crippen LogP contribution in [-0.4, -0.2) is 53.1 Å². The van der Waals surface area contributed by atoms with Crippen LogP contribution in [0, 0.1) is 17.8 Å². The molecule has 2 amide bonds. The summed E-state index contributed by atoms with van der Waals surface area (Å²) in [7, 11) is 0. The molecule has 0 aromatic carbocycles. The molecule has 0 saturated carbocycles. The second-order valence-corrected chi connectivity index (χ2v) is 6.68. The minimum absolute atomic E-state index is 0.0442. The monoisotopic (exact) mass is 296 g/mol. The fourth-order valence-corrected chi connectivity index (χ4v) is 3.70. The van der Waals surface area contributed by atoms with E-state index in [4.69, 9.17) is 0 Å². The van der Waals surface area contributed by atoms with Crippen molar-refractivity contribution in [2.75, 3.05) is 26.2 Å². The summed E-state index contributed by atoms with van der Waals surface area (Å²) in [4.78, 5) is 27.4. The number of likely N-dealkylation sites (tertiary alicyclic amines) is 2. The van der Waals surface area contributed by atoms with Gasteiger partial charge in [0.2, 0.25) is 0 Å². The van der Waals surface area contributed by atoms with E-state index in [1.54, 1.807) is 4.90 Å². The van der Waals surface area contributed by atoms with E-state index in [9.17, 15) is 14.7 Å². The molecular weight excluding hydrogens is 268 g/mol. The highest BCUT2D eigenvalue weighted by molar-refractivity contribution is 5.77. The molecule has 2 fully saturated rings. The van der Waals surface area contributed by atoms with Crippen LogP contribution in [0.5, 0.6) is 0 Å². The van der Waals surface area contributed by atoms with Gasteiger partial charge in [0.15, 0.2) is 0 Å². The second kappa shape index (κ2) is 7.14. The Kier molecular flexibility index (Phi) is 5.48. The number of urea groups is 1. The van der Waals surface area contributed by atoms with Gasteiger partial charge in [-0.1, -0.05) is 26.7 Å². The number of rotatable bonds is 3. The molecule has 0 aromatic rings. The summed E-state index contributed by atoms with van der Waals surface area (Å²) in [5.41, 5.74) is 0. The van der Waals surface area contributed by atoms with Gasteiger partial charge < -0.3 is 14.9 Å². The van der Waals surface area contributed by atoms with Gasteiger partial charge in [-0.25, -0.2) is 4.79 Å². The Morgan fingerprint density at radius 3 is 2.52 bits per heavy atom. The minimum Gasteiger partial charge on any atom is -0.481 e. The molecule has 2 rings (SSSR count). The van der Waals surface area contributed by atoms with Crippen molar-refractivity contribution in [3.05, 3.63) is 0 Å². The summed E-state index contributed by atoms with van der Waals surface area (Å²) in [6.45, 7) is 6.72. The lowest BCUT2D eigenvalue weighted by Gasteiger charge is -2.27. The number of carbonyl (C=O) groups excluding carboxylic acids is 1. The van der Waals surface area contributed by atoms with Crippen LogP contribution in [0.1, 0.15) is 46.0 Å². The highest BCUT2D eigenvalue weighted by Crippen LogP contribution is 2.26. The molecule has 0 bridgehead atoms. The molecule has 120 valence electrons. The molecule has 2 aliphatic heterocycles. The maximum absolute atomic E-state index is 12.6. The molecule has 5 nitrogen and oxygen atoms in total. The van der Waals surface area contributed by atoms with Crippen LogP contribution in [0.4, 0.5) is 4.79 Å². The van der Waals surface area contributed by atoms with Crippen molar-refractivity contribution in [3.8, 4) is 0 Å². The van der Waals surface area contributed by atoms with E-state index in [2.05, 4.69) is 6.92 Å². The van der Waals surface area contributed by atoms with Gasteiger partial charge in [-0.2, -0.15) is 0 Å². The first-order valence-corrected chi connectivity index (χ1v) is 8.29. The van der Waals surface area contributed by atoms with Crippen LogP contribution in [0.15, 0.2) is 0 Å². The third-order valence-electron chi connectivity index (χ3n) is 5.02. The number of carboxylic acid groups (broad SMARTS) is 1. The zero-order valence-corrected chi connectivity index (χ0v) is 13.3. The Hall–Kier alpha value is -1.26. The van der Waals surface area contributed by atoms with Gasteiger partial charge in [0.05, 0.1) is 5.92 Å². The van der Waals surface area contributed by atoms with Crippen molar-refractivity contribution in [2.24, 2.45) is 17.8 Å². The summed E-state index contributed by atoms with van der Waals surface area (Å²) >= 11 is 0. The number of carboxylic acids is 1. The maximum atomic E-state index is 12.6. The van der Waals surface area contributed by atoms with Crippen molar-refractivity contribution < 1.29 is 14.7 Å². The molecule has 1 unspecified atom stereocenters. The van der Waals surface area contributed by atoms with E-state index >= 15 is 0 Å². The second-order valence-electron chi connectivity index (χ2n) is 6.68. The molecule has 2 heterocycles. The van der Waals surface area contributed by atoms with E-state index in [1.165, 1.54) is 19.3 Å². The predicted molar refractivity (Wildman–Crippen MR) is 81.1 cm³/mol. The average molecular weight is 296 g/mol. The van der Waals surface area contributed by atoms with E-state index in [0.29, 0.717) is 13.1 Å². The van der Waals surface area contributed by atoms with Gasteiger partial charge >= 0.3 is 12.0 Å². The summed E-state index contributed by atoms with van der Waals surface area (Å²) in [5.74, 6) is -0.395. The SMILES string of the molecule is CCCC1CCCN(C(=O)N2C[C@@H](C)[C@H](C(=O)O)C2)CC1. The summed E-state index contributed by atoms with van der Waals surface area (Å²) < 4.78 is 0. The van der Waals surface area contributed by atoms with E-state index in [1.807, 2.05) is 11.8 Å². The average Bonchev–Trinajstić information content (AvgIpc) is 2.68. The molecular formula is C16H28N2O3. The lowest BCUT2D eigenvalue weighted by Crippen LogP contribution is -2.43. The van der Waals surface area contributed by atoms with Crippen LogP contribution < -0.4 is 0 Å².